The monoisotopic (exact) mass is 247 g/mol. The summed E-state index contributed by atoms with van der Waals surface area (Å²) in [5, 5.41) is 11.9. The average molecular weight is 247 g/mol. The van der Waals surface area contributed by atoms with Crippen molar-refractivity contribution in [2.75, 3.05) is 40.5 Å². The van der Waals surface area contributed by atoms with Crippen molar-refractivity contribution in [1.82, 2.24) is 4.90 Å². The summed E-state index contributed by atoms with van der Waals surface area (Å²) in [5.74, 6) is 0.251. The van der Waals surface area contributed by atoms with Crippen LogP contribution in [-0.4, -0.2) is 62.5 Å². The van der Waals surface area contributed by atoms with E-state index in [0.29, 0.717) is 13.2 Å². The first kappa shape index (κ1) is 16.1. The van der Waals surface area contributed by atoms with E-state index in [-0.39, 0.29) is 11.9 Å². The molecule has 0 aromatic carbocycles. The fourth-order valence-electron chi connectivity index (χ4n) is 1.77. The normalized spacial score (nSPS) is 14.2. The summed E-state index contributed by atoms with van der Waals surface area (Å²) in [5.41, 5.74) is 5.69. The maximum Gasteiger partial charge on any atom is 0.156 e. The Kier molecular flexibility index (Phi) is 9.80. The Morgan fingerprint density at radius 2 is 1.94 bits per heavy atom. The van der Waals surface area contributed by atoms with E-state index in [0.717, 1.165) is 25.9 Å². The zero-order valence-corrected chi connectivity index (χ0v) is 11.1. The van der Waals surface area contributed by atoms with Crippen LogP contribution in [0.25, 0.3) is 0 Å². The second kappa shape index (κ2) is 10.3. The number of rotatable bonds is 10. The van der Waals surface area contributed by atoms with Gasteiger partial charge in [0.1, 0.15) is 0 Å². The molecule has 1 unspecified atom stereocenters. The van der Waals surface area contributed by atoms with Gasteiger partial charge in [0.15, 0.2) is 5.84 Å². The average Bonchev–Trinajstić information content (AvgIpc) is 2.35. The lowest BCUT2D eigenvalue weighted by Crippen LogP contribution is -2.46. The topological polar surface area (TPSA) is 80.3 Å². The Morgan fingerprint density at radius 3 is 2.41 bits per heavy atom. The summed E-state index contributed by atoms with van der Waals surface area (Å²) in [6.45, 7) is 4.94. The first-order valence-electron chi connectivity index (χ1n) is 5.90. The number of ether oxygens (including phenoxy) is 2. The van der Waals surface area contributed by atoms with E-state index >= 15 is 0 Å². The molecule has 0 amide bonds. The third-order valence-corrected chi connectivity index (χ3v) is 2.66. The number of hydrogen-bond donors (Lipinski definition) is 2. The lowest BCUT2D eigenvalue weighted by molar-refractivity contribution is 0.120. The van der Waals surface area contributed by atoms with Crippen molar-refractivity contribution in [3.63, 3.8) is 0 Å². The molecule has 0 aliphatic rings. The van der Waals surface area contributed by atoms with Gasteiger partial charge in [-0.1, -0.05) is 12.1 Å². The number of nitrogens with zero attached hydrogens (tertiary/aromatic N) is 2. The van der Waals surface area contributed by atoms with Crippen molar-refractivity contribution in [2.45, 2.75) is 25.8 Å². The highest BCUT2D eigenvalue weighted by molar-refractivity contribution is 5.85. The van der Waals surface area contributed by atoms with E-state index in [2.05, 4.69) is 10.1 Å². The van der Waals surface area contributed by atoms with Gasteiger partial charge in [-0.25, -0.2) is 0 Å². The molecular weight excluding hydrogens is 222 g/mol. The lowest BCUT2D eigenvalue weighted by atomic mass is 10.1. The van der Waals surface area contributed by atoms with Gasteiger partial charge in [0.2, 0.25) is 0 Å². The highest BCUT2D eigenvalue weighted by atomic mass is 16.5. The molecular formula is C11H25N3O3. The van der Waals surface area contributed by atoms with Gasteiger partial charge in [-0.15, -0.1) is 0 Å². The molecule has 0 aromatic rings. The summed E-state index contributed by atoms with van der Waals surface area (Å²) in [6.07, 6.45) is 1.71. The molecule has 17 heavy (non-hydrogen) atoms. The zero-order valence-electron chi connectivity index (χ0n) is 11.1. The summed E-state index contributed by atoms with van der Waals surface area (Å²) >= 11 is 0. The Morgan fingerprint density at radius 1 is 1.29 bits per heavy atom. The molecule has 0 radical (unpaired) electrons. The number of hydrogen-bond acceptors (Lipinski definition) is 5. The minimum atomic E-state index is -0.0491. The second-order valence-corrected chi connectivity index (χ2v) is 3.82. The summed E-state index contributed by atoms with van der Waals surface area (Å²) in [4.78, 5) is 2.15. The first-order valence-corrected chi connectivity index (χ1v) is 5.90. The van der Waals surface area contributed by atoms with E-state index in [4.69, 9.17) is 20.4 Å². The van der Waals surface area contributed by atoms with Crippen LogP contribution in [0.4, 0.5) is 0 Å². The minimum absolute atomic E-state index is 0.0491. The van der Waals surface area contributed by atoms with Crippen LogP contribution in [0.3, 0.4) is 0 Å². The molecule has 0 aromatic heterocycles. The predicted molar refractivity (Wildman–Crippen MR) is 67.4 cm³/mol. The molecule has 6 heteroatoms. The SMILES string of the molecule is CCC(C(N)=NO)N(CCCOC)CCOC. The lowest BCUT2D eigenvalue weighted by Gasteiger charge is -2.29. The van der Waals surface area contributed by atoms with Crippen LogP contribution in [0.15, 0.2) is 5.16 Å². The van der Waals surface area contributed by atoms with Gasteiger partial charge in [-0.05, 0) is 12.8 Å². The van der Waals surface area contributed by atoms with Gasteiger partial charge in [-0.2, -0.15) is 0 Å². The summed E-state index contributed by atoms with van der Waals surface area (Å²) in [7, 11) is 3.35. The van der Waals surface area contributed by atoms with Crippen LogP contribution in [0, 0.1) is 0 Å². The van der Waals surface area contributed by atoms with Crippen molar-refractivity contribution in [3.8, 4) is 0 Å². The van der Waals surface area contributed by atoms with Crippen LogP contribution < -0.4 is 5.73 Å². The smallest absolute Gasteiger partial charge is 0.156 e. The van der Waals surface area contributed by atoms with Crippen LogP contribution >= 0.6 is 0 Å². The van der Waals surface area contributed by atoms with Crippen LogP contribution in [0.2, 0.25) is 0 Å². The van der Waals surface area contributed by atoms with E-state index in [1.807, 2.05) is 6.92 Å². The first-order chi connectivity index (χ1) is 8.21. The van der Waals surface area contributed by atoms with Crippen molar-refractivity contribution < 1.29 is 14.7 Å². The number of methoxy groups -OCH3 is 2. The highest BCUT2D eigenvalue weighted by Gasteiger charge is 2.20. The molecule has 0 spiro atoms. The van der Waals surface area contributed by atoms with Gasteiger partial charge < -0.3 is 20.4 Å². The highest BCUT2D eigenvalue weighted by Crippen LogP contribution is 2.06. The van der Waals surface area contributed by atoms with E-state index in [1.54, 1.807) is 14.2 Å². The van der Waals surface area contributed by atoms with E-state index in [1.165, 1.54) is 0 Å². The van der Waals surface area contributed by atoms with Crippen molar-refractivity contribution in [1.29, 1.82) is 0 Å². The predicted octanol–water partition coefficient (Wildman–Crippen LogP) is 0.496. The van der Waals surface area contributed by atoms with Gasteiger partial charge in [-0.3, -0.25) is 4.90 Å². The standard InChI is InChI=1S/C11H25N3O3/c1-4-10(11(12)13-15)14(7-9-17-3)6-5-8-16-2/h10,15H,4-9H2,1-3H3,(H2,12,13). The number of nitrogens with two attached hydrogens (primary N) is 1. The molecule has 3 N–H and O–H groups in total. The van der Waals surface area contributed by atoms with Crippen molar-refractivity contribution in [2.24, 2.45) is 10.9 Å². The molecule has 0 aliphatic heterocycles. The Balaban J connectivity index is 4.39. The van der Waals surface area contributed by atoms with E-state index < -0.39 is 0 Å². The van der Waals surface area contributed by atoms with Crippen LogP contribution in [-0.2, 0) is 9.47 Å². The molecule has 0 rings (SSSR count). The Hall–Kier alpha value is -0.850. The van der Waals surface area contributed by atoms with Crippen LogP contribution in [0.1, 0.15) is 19.8 Å². The Bertz CT molecular complexity index is 212. The third kappa shape index (κ3) is 6.45. The molecule has 0 saturated carbocycles. The van der Waals surface area contributed by atoms with E-state index in [9.17, 15) is 0 Å². The van der Waals surface area contributed by atoms with Gasteiger partial charge in [0, 0.05) is 33.9 Å². The second-order valence-electron chi connectivity index (χ2n) is 3.82. The fourth-order valence-corrected chi connectivity index (χ4v) is 1.77. The Labute approximate surface area is 103 Å². The molecule has 1 atom stereocenters. The maximum absolute atomic E-state index is 8.76. The molecule has 102 valence electrons. The minimum Gasteiger partial charge on any atom is -0.409 e. The molecule has 0 bridgehead atoms. The third-order valence-electron chi connectivity index (χ3n) is 2.66. The van der Waals surface area contributed by atoms with Crippen molar-refractivity contribution in [3.05, 3.63) is 0 Å². The molecule has 0 saturated heterocycles. The fraction of sp³-hybridized carbons (Fsp3) is 0.909. The molecule has 0 heterocycles. The molecule has 0 aliphatic carbocycles. The summed E-state index contributed by atoms with van der Waals surface area (Å²) < 4.78 is 10.1. The number of oxime groups is 1. The van der Waals surface area contributed by atoms with Gasteiger partial charge in [0.25, 0.3) is 0 Å². The maximum atomic E-state index is 8.76. The number of amidine groups is 1. The quantitative estimate of drug-likeness (QED) is 0.193. The van der Waals surface area contributed by atoms with Crippen molar-refractivity contribution >= 4 is 5.84 Å². The van der Waals surface area contributed by atoms with Crippen LogP contribution in [0.5, 0.6) is 0 Å². The van der Waals surface area contributed by atoms with Gasteiger partial charge in [0.05, 0.1) is 12.6 Å². The van der Waals surface area contributed by atoms with Gasteiger partial charge >= 0.3 is 0 Å². The summed E-state index contributed by atoms with van der Waals surface area (Å²) in [6, 6.07) is -0.0491. The largest absolute Gasteiger partial charge is 0.409 e. The zero-order chi connectivity index (χ0) is 13.1. The molecule has 0 fully saturated rings. The molecule has 6 nitrogen and oxygen atoms in total.